The monoisotopic (exact) mass is 317 g/mol. The molecule has 1 aromatic heterocycles. The lowest BCUT2D eigenvalue weighted by atomic mass is 9.78. The molecule has 0 spiro atoms. The maximum Gasteiger partial charge on any atom is 0.169 e. The molecule has 0 saturated heterocycles. The zero-order valence-electron chi connectivity index (χ0n) is 14.0. The lowest BCUT2D eigenvalue weighted by Crippen LogP contribution is -2.17. The van der Waals surface area contributed by atoms with Gasteiger partial charge in [-0.15, -0.1) is 11.3 Å². The SMILES string of the molecule is CC(C)(C)c1cc(-c2nc(C=O)cs2)cc(C(C)(C)C)c1O. The molecule has 0 radical (unpaired) electrons. The van der Waals surface area contributed by atoms with Gasteiger partial charge in [0.25, 0.3) is 0 Å². The highest BCUT2D eigenvalue weighted by Gasteiger charge is 2.27. The van der Waals surface area contributed by atoms with Gasteiger partial charge < -0.3 is 5.11 Å². The molecule has 118 valence electrons. The third kappa shape index (κ3) is 3.22. The molecule has 0 saturated carbocycles. The van der Waals surface area contributed by atoms with E-state index in [9.17, 15) is 9.90 Å². The Bertz CT molecular complexity index is 668. The molecule has 0 bridgehead atoms. The number of carbonyl (C=O) groups excluding carboxylic acids is 1. The van der Waals surface area contributed by atoms with Gasteiger partial charge in [-0.3, -0.25) is 4.79 Å². The van der Waals surface area contributed by atoms with Crippen LogP contribution in [0.15, 0.2) is 17.5 Å². The first-order chi connectivity index (χ1) is 10.0. The lowest BCUT2D eigenvalue weighted by molar-refractivity contribution is 0.111. The van der Waals surface area contributed by atoms with Crippen LogP contribution in [-0.2, 0) is 10.8 Å². The Balaban J connectivity index is 2.72. The third-order valence-corrected chi connectivity index (χ3v) is 4.53. The number of hydrogen-bond donors (Lipinski definition) is 1. The number of phenolic OH excluding ortho intramolecular Hbond substituents is 1. The molecular weight excluding hydrogens is 294 g/mol. The van der Waals surface area contributed by atoms with E-state index in [-0.39, 0.29) is 10.8 Å². The molecule has 1 N–H and O–H groups in total. The number of benzene rings is 1. The second kappa shape index (κ2) is 5.51. The molecule has 0 unspecified atom stereocenters. The van der Waals surface area contributed by atoms with Crippen LogP contribution in [-0.4, -0.2) is 16.4 Å². The van der Waals surface area contributed by atoms with E-state index in [4.69, 9.17) is 0 Å². The first kappa shape index (κ1) is 16.7. The van der Waals surface area contributed by atoms with Crippen LogP contribution in [0.25, 0.3) is 10.6 Å². The Morgan fingerprint density at radius 1 is 1.05 bits per heavy atom. The van der Waals surface area contributed by atoms with E-state index < -0.39 is 0 Å². The molecule has 2 aromatic rings. The van der Waals surface area contributed by atoms with Crippen LogP contribution in [0.3, 0.4) is 0 Å². The Labute approximate surface area is 136 Å². The minimum Gasteiger partial charge on any atom is -0.507 e. The summed E-state index contributed by atoms with van der Waals surface area (Å²) in [7, 11) is 0. The average molecular weight is 317 g/mol. The molecular formula is C18H23NO2S. The molecule has 1 heterocycles. The summed E-state index contributed by atoms with van der Waals surface area (Å²) >= 11 is 1.45. The Hall–Kier alpha value is -1.68. The van der Waals surface area contributed by atoms with Crippen LogP contribution in [0.4, 0.5) is 0 Å². The van der Waals surface area contributed by atoms with E-state index >= 15 is 0 Å². The maximum atomic E-state index is 10.9. The van der Waals surface area contributed by atoms with Crippen LogP contribution in [0, 0.1) is 0 Å². The number of aldehydes is 1. The van der Waals surface area contributed by atoms with Crippen LogP contribution in [0.1, 0.15) is 63.2 Å². The molecule has 0 fully saturated rings. The summed E-state index contributed by atoms with van der Waals surface area (Å²) in [5.74, 6) is 0.357. The van der Waals surface area contributed by atoms with Crippen molar-refractivity contribution in [3.05, 3.63) is 34.3 Å². The maximum absolute atomic E-state index is 10.9. The van der Waals surface area contributed by atoms with Gasteiger partial charge in [-0.05, 0) is 23.0 Å². The van der Waals surface area contributed by atoms with Gasteiger partial charge in [-0.2, -0.15) is 0 Å². The van der Waals surface area contributed by atoms with E-state index in [0.29, 0.717) is 11.4 Å². The summed E-state index contributed by atoms with van der Waals surface area (Å²) < 4.78 is 0. The Kier molecular flexibility index (Phi) is 4.18. The van der Waals surface area contributed by atoms with Crippen LogP contribution in [0.2, 0.25) is 0 Å². The molecule has 0 aliphatic heterocycles. The molecule has 0 aliphatic rings. The molecule has 0 aliphatic carbocycles. The van der Waals surface area contributed by atoms with Crippen molar-refractivity contribution in [3.63, 3.8) is 0 Å². The zero-order valence-corrected chi connectivity index (χ0v) is 14.8. The highest BCUT2D eigenvalue weighted by molar-refractivity contribution is 7.13. The lowest BCUT2D eigenvalue weighted by Gasteiger charge is -2.28. The predicted molar refractivity (Wildman–Crippen MR) is 92.0 cm³/mol. The quantitative estimate of drug-likeness (QED) is 0.800. The van der Waals surface area contributed by atoms with Crippen molar-refractivity contribution in [2.24, 2.45) is 0 Å². The fourth-order valence-electron chi connectivity index (χ4n) is 2.37. The Morgan fingerprint density at radius 2 is 1.55 bits per heavy atom. The van der Waals surface area contributed by atoms with Crippen molar-refractivity contribution in [2.45, 2.75) is 52.4 Å². The number of thiazole rings is 1. The van der Waals surface area contributed by atoms with Crippen molar-refractivity contribution in [1.29, 1.82) is 0 Å². The van der Waals surface area contributed by atoms with Crippen molar-refractivity contribution >= 4 is 17.6 Å². The molecule has 3 nitrogen and oxygen atoms in total. The van der Waals surface area contributed by atoms with E-state index in [0.717, 1.165) is 28.0 Å². The van der Waals surface area contributed by atoms with Crippen LogP contribution in [0.5, 0.6) is 5.75 Å². The van der Waals surface area contributed by atoms with Crippen molar-refractivity contribution in [2.75, 3.05) is 0 Å². The normalized spacial score (nSPS) is 12.5. The molecule has 4 heteroatoms. The van der Waals surface area contributed by atoms with E-state index in [1.54, 1.807) is 5.38 Å². The highest BCUT2D eigenvalue weighted by Crippen LogP contribution is 2.42. The smallest absolute Gasteiger partial charge is 0.169 e. The summed E-state index contributed by atoms with van der Waals surface area (Å²) in [4.78, 5) is 15.2. The van der Waals surface area contributed by atoms with Crippen molar-refractivity contribution < 1.29 is 9.90 Å². The van der Waals surface area contributed by atoms with Crippen LogP contribution >= 0.6 is 11.3 Å². The first-order valence-electron chi connectivity index (χ1n) is 7.33. The van der Waals surface area contributed by atoms with E-state index in [1.807, 2.05) is 12.1 Å². The van der Waals surface area contributed by atoms with Gasteiger partial charge in [-0.1, -0.05) is 41.5 Å². The molecule has 0 atom stereocenters. The number of phenols is 1. The largest absolute Gasteiger partial charge is 0.507 e. The minimum absolute atomic E-state index is 0.176. The highest BCUT2D eigenvalue weighted by atomic mass is 32.1. The van der Waals surface area contributed by atoms with Gasteiger partial charge in [0.1, 0.15) is 16.5 Å². The number of hydrogen-bond acceptors (Lipinski definition) is 4. The summed E-state index contributed by atoms with van der Waals surface area (Å²) in [6.45, 7) is 12.5. The number of rotatable bonds is 2. The van der Waals surface area contributed by atoms with Gasteiger partial charge in [0.2, 0.25) is 0 Å². The molecule has 0 amide bonds. The van der Waals surface area contributed by atoms with Gasteiger partial charge in [0.15, 0.2) is 6.29 Å². The molecule has 1 aromatic carbocycles. The van der Waals surface area contributed by atoms with Gasteiger partial charge in [0.05, 0.1) is 0 Å². The third-order valence-electron chi connectivity index (χ3n) is 3.62. The van der Waals surface area contributed by atoms with Crippen molar-refractivity contribution in [3.8, 4) is 16.3 Å². The standard InChI is InChI=1S/C18H23NO2S/c1-17(2,3)13-7-11(16-19-12(9-20)10-22-16)8-14(15(13)21)18(4,5)6/h7-10,21H,1-6H3. The number of aromatic hydroxyl groups is 1. The van der Waals surface area contributed by atoms with Gasteiger partial charge in [0, 0.05) is 22.1 Å². The van der Waals surface area contributed by atoms with Crippen LogP contribution < -0.4 is 0 Å². The predicted octanol–water partition coefficient (Wildman–Crippen LogP) is 4.92. The van der Waals surface area contributed by atoms with Gasteiger partial charge in [-0.25, -0.2) is 4.98 Å². The Morgan fingerprint density at radius 3 is 1.91 bits per heavy atom. The van der Waals surface area contributed by atoms with E-state index in [1.165, 1.54) is 11.3 Å². The number of carbonyl (C=O) groups is 1. The average Bonchev–Trinajstić information content (AvgIpc) is 2.85. The summed E-state index contributed by atoms with van der Waals surface area (Å²) in [5.41, 5.74) is 2.85. The van der Waals surface area contributed by atoms with Crippen molar-refractivity contribution in [1.82, 2.24) is 4.98 Å². The fourth-order valence-corrected chi connectivity index (χ4v) is 3.13. The first-order valence-corrected chi connectivity index (χ1v) is 8.21. The van der Waals surface area contributed by atoms with E-state index in [2.05, 4.69) is 46.5 Å². The van der Waals surface area contributed by atoms with Gasteiger partial charge >= 0.3 is 0 Å². The second-order valence-corrected chi connectivity index (χ2v) is 8.47. The fraction of sp³-hybridized carbons (Fsp3) is 0.444. The minimum atomic E-state index is -0.176. The molecule has 22 heavy (non-hydrogen) atoms. The number of aromatic nitrogens is 1. The second-order valence-electron chi connectivity index (χ2n) is 7.62. The molecule has 2 rings (SSSR count). The summed E-state index contributed by atoms with van der Waals surface area (Å²) in [6.07, 6.45) is 0.760. The summed E-state index contributed by atoms with van der Waals surface area (Å²) in [6, 6.07) is 3.97. The topological polar surface area (TPSA) is 50.2 Å². The number of nitrogens with zero attached hydrogens (tertiary/aromatic N) is 1. The summed E-state index contributed by atoms with van der Waals surface area (Å²) in [5, 5.41) is 13.3. The zero-order chi connectivity index (χ0) is 16.7.